The normalized spacial score (nSPS) is 16.5. The Kier molecular flexibility index (Phi) is 6.75. The quantitative estimate of drug-likeness (QED) is 0.838. The summed E-state index contributed by atoms with van der Waals surface area (Å²) in [5.41, 5.74) is 2.38. The van der Waals surface area contributed by atoms with E-state index in [0.29, 0.717) is 6.42 Å². The predicted octanol–water partition coefficient (Wildman–Crippen LogP) is 1.95. The first kappa shape index (κ1) is 16.0. The maximum Gasteiger partial charge on any atom is 0.0540 e. The molecule has 3 heteroatoms. The molecule has 1 fully saturated rings. The fraction of sp³-hybridized carbons (Fsp3) is 0.556. The number of hydrogen-bond acceptors (Lipinski definition) is 3. The smallest absolute Gasteiger partial charge is 0.0540 e. The van der Waals surface area contributed by atoms with E-state index < -0.39 is 0 Å². The van der Waals surface area contributed by atoms with Crippen molar-refractivity contribution in [2.24, 2.45) is 0 Å². The lowest BCUT2D eigenvalue weighted by atomic mass is 10.1. The number of benzene rings is 1. The average Bonchev–Trinajstić information content (AvgIpc) is 2.51. The van der Waals surface area contributed by atoms with Crippen molar-refractivity contribution < 1.29 is 5.11 Å². The van der Waals surface area contributed by atoms with Crippen LogP contribution in [0.1, 0.15) is 30.9 Å². The minimum absolute atomic E-state index is 0.134. The second kappa shape index (κ2) is 8.84. The highest BCUT2D eigenvalue weighted by Crippen LogP contribution is 2.10. The van der Waals surface area contributed by atoms with E-state index in [1.807, 2.05) is 0 Å². The van der Waals surface area contributed by atoms with Crippen molar-refractivity contribution in [1.29, 1.82) is 0 Å². The van der Waals surface area contributed by atoms with Gasteiger partial charge in [0.2, 0.25) is 0 Å². The van der Waals surface area contributed by atoms with Crippen LogP contribution in [0.2, 0.25) is 0 Å². The first-order valence-corrected chi connectivity index (χ1v) is 7.95. The third-order valence-electron chi connectivity index (χ3n) is 3.83. The molecule has 0 spiro atoms. The van der Waals surface area contributed by atoms with Gasteiger partial charge in [-0.2, -0.15) is 0 Å². The summed E-state index contributed by atoms with van der Waals surface area (Å²) in [5, 5.41) is 8.71. The summed E-state index contributed by atoms with van der Waals surface area (Å²) >= 11 is 0. The Morgan fingerprint density at radius 3 is 2.33 bits per heavy atom. The molecule has 114 valence electrons. The van der Waals surface area contributed by atoms with Crippen molar-refractivity contribution in [3.05, 3.63) is 35.4 Å². The molecule has 1 aliphatic heterocycles. The number of hydrogen-bond donors (Lipinski definition) is 1. The third-order valence-corrected chi connectivity index (χ3v) is 3.83. The van der Waals surface area contributed by atoms with Crippen molar-refractivity contribution >= 4 is 0 Å². The monoisotopic (exact) mass is 286 g/mol. The molecule has 21 heavy (non-hydrogen) atoms. The van der Waals surface area contributed by atoms with Crippen LogP contribution in [0.25, 0.3) is 0 Å². The zero-order valence-corrected chi connectivity index (χ0v) is 13.0. The molecule has 0 saturated carbocycles. The lowest BCUT2D eigenvalue weighted by Gasteiger charge is -2.34. The first-order chi connectivity index (χ1) is 10.3. The Hall–Kier alpha value is -1.34. The predicted molar refractivity (Wildman–Crippen MR) is 87.0 cm³/mol. The van der Waals surface area contributed by atoms with Gasteiger partial charge >= 0.3 is 0 Å². The number of piperazine rings is 1. The lowest BCUT2D eigenvalue weighted by Crippen LogP contribution is -2.45. The summed E-state index contributed by atoms with van der Waals surface area (Å²) in [6.45, 7) is 9.36. The molecular formula is C18H26N2O. The second-order valence-corrected chi connectivity index (χ2v) is 5.59. The zero-order chi connectivity index (χ0) is 14.9. The minimum atomic E-state index is 0.134. The summed E-state index contributed by atoms with van der Waals surface area (Å²) < 4.78 is 0. The van der Waals surface area contributed by atoms with Crippen molar-refractivity contribution in [3.8, 4) is 11.8 Å². The number of rotatable bonds is 5. The van der Waals surface area contributed by atoms with Gasteiger partial charge in [-0.25, -0.2) is 0 Å². The Morgan fingerprint density at radius 2 is 1.71 bits per heavy atom. The van der Waals surface area contributed by atoms with Gasteiger partial charge in [0.1, 0.15) is 0 Å². The van der Waals surface area contributed by atoms with Crippen LogP contribution in [0.4, 0.5) is 0 Å². The third kappa shape index (κ3) is 5.51. The van der Waals surface area contributed by atoms with E-state index in [1.165, 1.54) is 31.6 Å². The molecule has 2 rings (SSSR count). The van der Waals surface area contributed by atoms with Gasteiger partial charge in [0, 0.05) is 44.7 Å². The molecule has 0 radical (unpaired) electrons. The van der Waals surface area contributed by atoms with Crippen LogP contribution in [0.5, 0.6) is 0 Å². The molecule has 3 nitrogen and oxygen atoms in total. The van der Waals surface area contributed by atoms with E-state index in [-0.39, 0.29) is 6.61 Å². The minimum Gasteiger partial charge on any atom is -0.395 e. The molecule has 1 aromatic rings. The molecule has 0 bridgehead atoms. The highest BCUT2D eigenvalue weighted by molar-refractivity contribution is 5.36. The fourth-order valence-corrected chi connectivity index (χ4v) is 2.66. The molecule has 1 heterocycles. The van der Waals surface area contributed by atoms with Crippen molar-refractivity contribution in [2.45, 2.75) is 26.3 Å². The Balaban J connectivity index is 1.80. The Labute approximate surface area is 128 Å². The van der Waals surface area contributed by atoms with E-state index in [2.05, 4.69) is 52.8 Å². The van der Waals surface area contributed by atoms with Crippen molar-refractivity contribution in [2.75, 3.05) is 39.3 Å². The highest BCUT2D eigenvalue weighted by Gasteiger charge is 2.15. The van der Waals surface area contributed by atoms with Crippen LogP contribution in [0.3, 0.4) is 0 Å². The topological polar surface area (TPSA) is 26.7 Å². The standard InChI is InChI=1S/C18H26N2O/c1-2-10-19-11-13-20(14-12-19)16-18-8-6-17(7-9-18)5-3-4-15-21/h6-9,21H,2,4,10-16H2,1H3. The lowest BCUT2D eigenvalue weighted by molar-refractivity contribution is 0.127. The molecule has 1 saturated heterocycles. The molecule has 0 aromatic heterocycles. The van der Waals surface area contributed by atoms with Gasteiger partial charge in [0.25, 0.3) is 0 Å². The van der Waals surface area contributed by atoms with E-state index in [9.17, 15) is 0 Å². The first-order valence-electron chi connectivity index (χ1n) is 7.95. The number of aliphatic hydroxyl groups excluding tert-OH is 1. The summed E-state index contributed by atoms with van der Waals surface area (Å²) in [6.07, 6.45) is 1.79. The second-order valence-electron chi connectivity index (χ2n) is 5.59. The highest BCUT2D eigenvalue weighted by atomic mass is 16.2. The maximum atomic E-state index is 8.71. The van der Waals surface area contributed by atoms with Gasteiger partial charge in [-0.3, -0.25) is 4.90 Å². The maximum absolute atomic E-state index is 8.71. The molecule has 0 aliphatic carbocycles. The fourth-order valence-electron chi connectivity index (χ4n) is 2.66. The van der Waals surface area contributed by atoms with Crippen LogP contribution in [0.15, 0.2) is 24.3 Å². The van der Waals surface area contributed by atoms with Gasteiger partial charge in [0.15, 0.2) is 0 Å². The summed E-state index contributed by atoms with van der Waals surface area (Å²) in [7, 11) is 0. The Morgan fingerprint density at radius 1 is 1.05 bits per heavy atom. The molecule has 0 unspecified atom stereocenters. The van der Waals surface area contributed by atoms with Crippen LogP contribution < -0.4 is 0 Å². The number of aliphatic hydroxyl groups is 1. The van der Waals surface area contributed by atoms with Crippen molar-refractivity contribution in [1.82, 2.24) is 9.80 Å². The van der Waals surface area contributed by atoms with E-state index >= 15 is 0 Å². The van der Waals surface area contributed by atoms with Crippen LogP contribution in [-0.4, -0.2) is 54.2 Å². The summed E-state index contributed by atoms with van der Waals surface area (Å²) in [5.74, 6) is 6.02. The van der Waals surface area contributed by atoms with E-state index in [4.69, 9.17) is 5.11 Å². The summed E-state index contributed by atoms with van der Waals surface area (Å²) in [4.78, 5) is 5.08. The molecule has 1 aromatic carbocycles. The molecular weight excluding hydrogens is 260 g/mol. The zero-order valence-electron chi connectivity index (χ0n) is 13.0. The summed E-state index contributed by atoms with van der Waals surface area (Å²) in [6, 6.07) is 8.49. The Bertz CT molecular complexity index is 464. The van der Waals surface area contributed by atoms with Gasteiger partial charge in [0.05, 0.1) is 6.61 Å². The largest absolute Gasteiger partial charge is 0.395 e. The molecule has 0 amide bonds. The average molecular weight is 286 g/mol. The van der Waals surface area contributed by atoms with E-state index in [0.717, 1.165) is 25.2 Å². The molecule has 0 atom stereocenters. The molecule has 1 aliphatic rings. The number of nitrogens with zero attached hydrogens (tertiary/aromatic N) is 2. The van der Waals surface area contributed by atoms with Crippen molar-refractivity contribution in [3.63, 3.8) is 0 Å². The van der Waals surface area contributed by atoms with Gasteiger partial charge < -0.3 is 10.0 Å². The van der Waals surface area contributed by atoms with Gasteiger partial charge in [-0.1, -0.05) is 30.9 Å². The van der Waals surface area contributed by atoms with Crippen LogP contribution >= 0.6 is 0 Å². The van der Waals surface area contributed by atoms with Gasteiger partial charge in [-0.05, 0) is 30.7 Å². The van der Waals surface area contributed by atoms with Crippen LogP contribution in [-0.2, 0) is 6.54 Å². The van der Waals surface area contributed by atoms with Gasteiger partial charge in [-0.15, -0.1) is 0 Å². The molecule has 1 N–H and O–H groups in total. The SMILES string of the molecule is CCCN1CCN(Cc2ccc(C#CCCO)cc2)CC1. The van der Waals surface area contributed by atoms with E-state index in [1.54, 1.807) is 0 Å². The van der Waals surface area contributed by atoms with Crippen LogP contribution in [0, 0.1) is 11.8 Å².